The molecule has 1 saturated heterocycles. The quantitative estimate of drug-likeness (QED) is 0.588. The Morgan fingerprint density at radius 2 is 1.82 bits per heavy atom. The van der Waals surface area contributed by atoms with Gasteiger partial charge in [-0.3, -0.25) is 9.59 Å². The summed E-state index contributed by atoms with van der Waals surface area (Å²) in [4.78, 5) is 23.0. The van der Waals surface area contributed by atoms with Gasteiger partial charge in [-0.25, -0.2) is 0 Å². The molecule has 0 aromatic heterocycles. The maximum Gasteiger partial charge on any atom is 0.317 e. The van der Waals surface area contributed by atoms with Gasteiger partial charge in [-0.15, -0.1) is 0 Å². The van der Waals surface area contributed by atoms with Crippen molar-refractivity contribution in [1.82, 2.24) is 0 Å². The lowest BCUT2D eigenvalue weighted by atomic mass is 9.66. The Balaban J connectivity index is 2.10. The maximum absolute atomic E-state index is 11.5. The highest BCUT2D eigenvalue weighted by Crippen LogP contribution is 2.44. The highest BCUT2D eigenvalue weighted by Gasteiger charge is 2.36. The van der Waals surface area contributed by atoms with Crippen LogP contribution in [-0.4, -0.2) is 25.2 Å². The zero-order chi connectivity index (χ0) is 15.8. The number of allylic oxidation sites excluding steroid dienone is 4. The summed E-state index contributed by atoms with van der Waals surface area (Å²) < 4.78 is 10.4. The molecule has 4 nitrogen and oxygen atoms in total. The number of cyclic esters (lactones) is 2. The molecule has 0 N–H and O–H groups in total. The lowest BCUT2D eigenvalue weighted by Crippen LogP contribution is -2.33. The first-order chi connectivity index (χ1) is 10.7. The standard InChI is InChI=1S/C18H26O4/c1-2-3-9-18(10-5-4-6-11-18)15-7-12-21-16(19)14-17(20)22-13-8-15/h4-6,10,15H,2-3,7-9,11-14H2,1H3. The van der Waals surface area contributed by atoms with Crippen molar-refractivity contribution in [2.75, 3.05) is 13.2 Å². The Labute approximate surface area is 132 Å². The summed E-state index contributed by atoms with van der Waals surface area (Å²) in [7, 11) is 0. The highest BCUT2D eigenvalue weighted by atomic mass is 16.6. The summed E-state index contributed by atoms with van der Waals surface area (Å²) >= 11 is 0. The van der Waals surface area contributed by atoms with Crippen LogP contribution < -0.4 is 0 Å². The van der Waals surface area contributed by atoms with E-state index in [-0.39, 0.29) is 11.8 Å². The van der Waals surface area contributed by atoms with E-state index in [1.165, 1.54) is 6.42 Å². The van der Waals surface area contributed by atoms with Crippen molar-refractivity contribution in [1.29, 1.82) is 0 Å². The molecule has 1 atom stereocenters. The molecular formula is C18H26O4. The van der Waals surface area contributed by atoms with E-state index in [1.54, 1.807) is 0 Å². The van der Waals surface area contributed by atoms with Gasteiger partial charge in [0.15, 0.2) is 0 Å². The van der Waals surface area contributed by atoms with Gasteiger partial charge in [0.05, 0.1) is 13.2 Å². The van der Waals surface area contributed by atoms with Crippen molar-refractivity contribution in [3.63, 3.8) is 0 Å². The average molecular weight is 306 g/mol. The van der Waals surface area contributed by atoms with Crippen LogP contribution in [0.15, 0.2) is 24.3 Å². The molecule has 1 unspecified atom stereocenters. The Morgan fingerprint density at radius 1 is 1.14 bits per heavy atom. The van der Waals surface area contributed by atoms with E-state index in [2.05, 4.69) is 31.2 Å². The van der Waals surface area contributed by atoms with Crippen molar-refractivity contribution in [3.8, 4) is 0 Å². The maximum atomic E-state index is 11.5. The van der Waals surface area contributed by atoms with Gasteiger partial charge in [-0.05, 0) is 37.0 Å². The zero-order valence-corrected chi connectivity index (χ0v) is 13.4. The summed E-state index contributed by atoms with van der Waals surface area (Å²) in [6.45, 7) is 2.98. The second-order valence-corrected chi connectivity index (χ2v) is 6.22. The minimum Gasteiger partial charge on any atom is -0.465 e. The normalized spacial score (nSPS) is 27.3. The molecule has 0 radical (unpaired) electrons. The summed E-state index contributed by atoms with van der Waals surface area (Å²) in [5.74, 6) is -0.598. The first kappa shape index (κ1) is 16.8. The van der Waals surface area contributed by atoms with Gasteiger partial charge in [0.1, 0.15) is 6.42 Å². The van der Waals surface area contributed by atoms with Gasteiger partial charge in [-0.1, -0.05) is 44.1 Å². The van der Waals surface area contributed by atoms with E-state index in [0.717, 1.165) is 32.1 Å². The van der Waals surface area contributed by atoms with Crippen molar-refractivity contribution in [3.05, 3.63) is 24.3 Å². The fourth-order valence-corrected chi connectivity index (χ4v) is 3.45. The Morgan fingerprint density at radius 3 is 2.36 bits per heavy atom. The molecule has 0 aromatic rings. The number of esters is 2. The van der Waals surface area contributed by atoms with Gasteiger partial charge >= 0.3 is 11.9 Å². The van der Waals surface area contributed by atoms with Crippen LogP contribution in [0.1, 0.15) is 51.9 Å². The number of carbonyl (C=O) groups excluding carboxylic acids is 2. The number of ether oxygens (including phenoxy) is 2. The molecule has 22 heavy (non-hydrogen) atoms. The molecule has 2 rings (SSSR count). The van der Waals surface area contributed by atoms with Crippen LogP contribution in [0.2, 0.25) is 0 Å². The smallest absolute Gasteiger partial charge is 0.317 e. The fourth-order valence-electron chi connectivity index (χ4n) is 3.45. The van der Waals surface area contributed by atoms with Crippen LogP contribution in [0.3, 0.4) is 0 Å². The summed E-state index contributed by atoms with van der Waals surface area (Å²) in [5, 5.41) is 0. The van der Waals surface area contributed by atoms with Crippen LogP contribution in [-0.2, 0) is 19.1 Å². The largest absolute Gasteiger partial charge is 0.465 e. The fraction of sp³-hybridized carbons (Fsp3) is 0.667. The Kier molecular flexibility index (Phi) is 6.22. The van der Waals surface area contributed by atoms with Crippen LogP contribution >= 0.6 is 0 Å². The molecule has 2 aliphatic rings. The summed E-state index contributed by atoms with van der Waals surface area (Å²) in [5.41, 5.74) is 0.1000. The van der Waals surface area contributed by atoms with Gasteiger partial charge < -0.3 is 9.47 Å². The number of carbonyl (C=O) groups is 2. The van der Waals surface area contributed by atoms with Crippen LogP contribution in [0.5, 0.6) is 0 Å². The lowest BCUT2D eigenvalue weighted by Gasteiger charge is -2.40. The summed E-state index contributed by atoms with van der Waals surface area (Å²) in [6.07, 6.45) is 14.6. The molecule has 1 aliphatic carbocycles. The van der Waals surface area contributed by atoms with Gasteiger partial charge in [0, 0.05) is 0 Å². The van der Waals surface area contributed by atoms with Crippen molar-refractivity contribution in [2.45, 2.75) is 51.9 Å². The zero-order valence-electron chi connectivity index (χ0n) is 13.4. The number of unbranched alkanes of at least 4 members (excludes halogenated alkanes) is 1. The van der Waals surface area contributed by atoms with Gasteiger partial charge in [0.2, 0.25) is 0 Å². The van der Waals surface area contributed by atoms with E-state index in [4.69, 9.17) is 9.47 Å². The number of rotatable bonds is 4. The van der Waals surface area contributed by atoms with Gasteiger partial charge in [0.25, 0.3) is 0 Å². The Hall–Kier alpha value is -1.58. The molecule has 1 fully saturated rings. The second-order valence-electron chi connectivity index (χ2n) is 6.22. The number of hydrogen-bond acceptors (Lipinski definition) is 4. The minimum atomic E-state index is -0.479. The van der Waals surface area contributed by atoms with Crippen LogP contribution in [0.4, 0.5) is 0 Å². The molecule has 0 bridgehead atoms. The third-order valence-corrected chi connectivity index (χ3v) is 4.73. The Bertz CT molecular complexity index is 432. The lowest BCUT2D eigenvalue weighted by molar-refractivity contribution is -0.156. The monoisotopic (exact) mass is 306 g/mol. The predicted octanol–water partition coefficient (Wildman–Crippen LogP) is 3.57. The highest BCUT2D eigenvalue weighted by molar-refractivity contribution is 5.91. The molecule has 0 spiro atoms. The third kappa shape index (κ3) is 4.46. The summed E-state index contributed by atoms with van der Waals surface area (Å²) in [6, 6.07) is 0. The number of hydrogen-bond donors (Lipinski definition) is 0. The van der Waals surface area contributed by atoms with E-state index in [0.29, 0.717) is 19.1 Å². The van der Waals surface area contributed by atoms with Crippen molar-refractivity contribution in [2.24, 2.45) is 11.3 Å². The van der Waals surface area contributed by atoms with Gasteiger partial charge in [-0.2, -0.15) is 0 Å². The molecule has 1 heterocycles. The molecule has 4 heteroatoms. The first-order valence-electron chi connectivity index (χ1n) is 8.32. The van der Waals surface area contributed by atoms with Crippen molar-refractivity contribution < 1.29 is 19.1 Å². The minimum absolute atomic E-state index is 0.1000. The van der Waals surface area contributed by atoms with Crippen LogP contribution in [0, 0.1) is 11.3 Å². The van der Waals surface area contributed by atoms with Crippen LogP contribution in [0.25, 0.3) is 0 Å². The molecule has 0 aromatic carbocycles. The molecule has 122 valence electrons. The third-order valence-electron chi connectivity index (χ3n) is 4.73. The SMILES string of the molecule is CCCCC1(C2CCOC(=O)CC(=O)OCC2)C=CC=CC1. The molecule has 0 saturated carbocycles. The van der Waals surface area contributed by atoms with E-state index < -0.39 is 11.9 Å². The predicted molar refractivity (Wildman–Crippen MR) is 84.1 cm³/mol. The first-order valence-corrected chi connectivity index (χ1v) is 8.32. The van der Waals surface area contributed by atoms with Crippen molar-refractivity contribution >= 4 is 11.9 Å². The topological polar surface area (TPSA) is 52.6 Å². The van der Waals surface area contributed by atoms with E-state index in [1.807, 2.05) is 0 Å². The second kappa shape index (κ2) is 8.16. The molecule has 1 aliphatic heterocycles. The molecular weight excluding hydrogens is 280 g/mol. The van der Waals surface area contributed by atoms with E-state index >= 15 is 0 Å². The average Bonchev–Trinajstić information content (AvgIpc) is 2.52. The molecule has 0 amide bonds. The van der Waals surface area contributed by atoms with E-state index in [9.17, 15) is 9.59 Å².